The molecule has 1 saturated heterocycles. The third-order valence-corrected chi connectivity index (χ3v) is 4.17. The van der Waals surface area contributed by atoms with Crippen LogP contribution in [0.3, 0.4) is 0 Å². The molecule has 3 rings (SSSR count). The van der Waals surface area contributed by atoms with E-state index in [-0.39, 0.29) is 4.91 Å². The molecule has 0 spiro atoms. The fraction of sp³-hybridized carbons (Fsp3) is 0. The van der Waals surface area contributed by atoms with Crippen LogP contribution in [-0.2, 0) is 4.79 Å². The molecule has 0 aromatic heterocycles. The lowest BCUT2D eigenvalue weighted by molar-refractivity contribution is -0.385. The minimum Gasteiger partial charge on any atom is -0.502 e. The van der Waals surface area contributed by atoms with E-state index in [4.69, 9.17) is 0 Å². The van der Waals surface area contributed by atoms with E-state index in [2.05, 4.69) is 0 Å². The first-order valence-electron chi connectivity index (χ1n) is 6.78. The Morgan fingerprint density at radius 1 is 1.12 bits per heavy atom. The first kappa shape index (κ1) is 15.8. The van der Waals surface area contributed by atoms with Gasteiger partial charge in [0.15, 0.2) is 5.75 Å². The molecule has 1 fully saturated rings. The second kappa shape index (κ2) is 6.17. The highest BCUT2D eigenvalue weighted by molar-refractivity contribution is 8.19. The van der Waals surface area contributed by atoms with Crippen molar-refractivity contribution in [3.05, 3.63) is 69.1 Å². The first-order chi connectivity index (χ1) is 11.5. The SMILES string of the molecule is O=C1S/C(=C\c2ccc(O)c([N+](=O)[O-])c2)C(=O)N1c1ccccc1. The monoisotopic (exact) mass is 342 g/mol. The van der Waals surface area contributed by atoms with Crippen LogP contribution in [0.15, 0.2) is 53.4 Å². The lowest BCUT2D eigenvalue weighted by atomic mass is 10.1. The van der Waals surface area contributed by atoms with Gasteiger partial charge in [-0.2, -0.15) is 0 Å². The number of carbonyl (C=O) groups is 2. The van der Waals surface area contributed by atoms with Crippen LogP contribution < -0.4 is 4.90 Å². The zero-order chi connectivity index (χ0) is 17.3. The van der Waals surface area contributed by atoms with Crippen molar-refractivity contribution in [2.24, 2.45) is 0 Å². The molecule has 2 aromatic rings. The summed E-state index contributed by atoms with van der Waals surface area (Å²) in [7, 11) is 0. The first-order valence-corrected chi connectivity index (χ1v) is 7.59. The molecule has 1 heterocycles. The van der Waals surface area contributed by atoms with E-state index >= 15 is 0 Å². The molecule has 0 bridgehead atoms. The summed E-state index contributed by atoms with van der Waals surface area (Å²) in [6, 6.07) is 12.2. The number of para-hydroxylation sites is 1. The molecule has 0 saturated carbocycles. The number of aromatic hydroxyl groups is 1. The Kier molecular flexibility index (Phi) is 4.05. The van der Waals surface area contributed by atoms with Crippen LogP contribution in [0, 0.1) is 10.1 Å². The fourth-order valence-corrected chi connectivity index (χ4v) is 3.04. The summed E-state index contributed by atoms with van der Waals surface area (Å²) >= 11 is 0.756. The van der Waals surface area contributed by atoms with Crippen molar-refractivity contribution in [2.45, 2.75) is 0 Å². The number of phenols is 1. The van der Waals surface area contributed by atoms with Crippen molar-refractivity contribution in [3.8, 4) is 5.75 Å². The molecule has 0 radical (unpaired) electrons. The van der Waals surface area contributed by atoms with Gasteiger partial charge in [0.25, 0.3) is 11.1 Å². The summed E-state index contributed by atoms with van der Waals surface area (Å²) in [6.07, 6.45) is 1.39. The maximum absolute atomic E-state index is 12.4. The van der Waals surface area contributed by atoms with Crippen LogP contribution in [0.25, 0.3) is 6.08 Å². The minimum absolute atomic E-state index is 0.156. The Hall–Kier alpha value is -3.13. The van der Waals surface area contributed by atoms with Gasteiger partial charge in [-0.05, 0) is 41.6 Å². The Labute approximate surface area is 140 Å². The highest BCUT2D eigenvalue weighted by Gasteiger charge is 2.36. The largest absolute Gasteiger partial charge is 0.502 e. The van der Waals surface area contributed by atoms with Crippen molar-refractivity contribution in [1.82, 2.24) is 0 Å². The van der Waals surface area contributed by atoms with Crippen LogP contribution in [0.2, 0.25) is 0 Å². The third kappa shape index (κ3) is 2.86. The number of hydrogen-bond acceptors (Lipinski definition) is 6. The molecule has 0 aliphatic carbocycles. The van der Waals surface area contributed by atoms with Gasteiger partial charge in [-0.15, -0.1) is 0 Å². The van der Waals surface area contributed by atoms with Crippen LogP contribution in [-0.4, -0.2) is 21.2 Å². The van der Waals surface area contributed by atoms with Gasteiger partial charge in [-0.1, -0.05) is 24.3 Å². The number of rotatable bonds is 3. The fourth-order valence-electron chi connectivity index (χ4n) is 2.20. The molecule has 24 heavy (non-hydrogen) atoms. The van der Waals surface area contributed by atoms with Gasteiger partial charge in [0.05, 0.1) is 15.5 Å². The molecule has 1 aliphatic heterocycles. The second-order valence-electron chi connectivity index (χ2n) is 4.86. The summed E-state index contributed by atoms with van der Waals surface area (Å²) in [5.41, 5.74) is 0.337. The van der Waals surface area contributed by atoms with Crippen LogP contribution in [0.5, 0.6) is 5.75 Å². The number of nitrogens with zero attached hydrogens (tertiary/aromatic N) is 2. The van der Waals surface area contributed by atoms with Gasteiger partial charge in [0.2, 0.25) is 0 Å². The molecule has 120 valence electrons. The topological polar surface area (TPSA) is 101 Å². The van der Waals surface area contributed by atoms with Gasteiger partial charge >= 0.3 is 5.69 Å². The molecule has 2 amide bonds. The maximum atomic E-state index is 12.4. The van der Waals surface area contributed by atoms with E-state index in [1.807, 2.05) is 0 Å². The van der Waals surface area contributed by atoms with E-state index in [9.17, 15) is 24.8 Å². The van der Waals surface area contributed by atoms with Crippen molar-refractivity contribution in [2.75, 3.05) is 4.90 Å². The Bertz CT molecular complexity index is 879. The van der Waals surface area contributed by atoms with Gasteiger partial charge < -0.3 is 5.11 Å². The number of carbonyl (C=O) groups excluding carboxylic acids is 2. The molecule has 1 N–H and O–H groups in total. The lowest BCUT2D eigenvalue weighted by Gasteiger charge is -2.11. The molecule has 0 unspecified atom stereocenters. The number of nitro benzene ring substituents is 1. The number of imide groups is 1. The molecule has 7 nitrogen and oxygen atoms in total. The number of anilines is 1. The van der Waals surface area contributed by atoms with Crippen molar-refractivity contribution in [3.63, 3.8) is 0 Å². The lowest BCUT2D eigenvalue weighted by Crippen LogP contribution is -2.27. The Morgan fingerprint density at radius 3 is 2.50 bits per heavy atom. The average molecular weight is 342 g/mol. The normalized spacial score (nSPS) is 16.0. The van der Waals surface area contributed by atoms with Gasteiger partial charge in [0, 0.05) is 6.07 Å². The van der Waals surface area contributed by atoms with Crippen molar-refractivity contribution in [1.29, 1.82) is 0 Å². The predicted octanol–water partition coefficient (Wildman–Crippen LogP) is 3.54. The Morgan fingerprint density at radius 2 is 1.83 bits per heavy atom. The van der Waals surface area contributed by atoms with Gasteiger partial charge in [0.1, 0.15) is 0 Å². The smallest absolute Gasteiger partial charge is 0.311 e. The summed E-state index contributed by atoms with van der Waals surface area (Å²) < 4.78 is 0. The number of phenolic OH excluding ortho intramolecular Hbond substituents is 1. The summed E-state index contributed by atoms with van der Waals surface area (Å²) in [5.74, 6) is -0.957. The van der Waals surface area contributed by atoms with Crippen LogP contribution >= 0.6 is 11.8 Å². The molecular formula is C16H10N2O5S. The quantitative estimate of drug-likeness (QED) is 0.520. The number of hydrogen-bond donors (Lipinski definition) is 1. The predicted molar refractivity (Wildman–Crippen MR) is 89.7 cm³/mol. The minimum atomic E-state index is -0.720. The van der Waals surface area contributed by atoms with Gasteiger partial charge in [-0.3, -0.25) is 19.7 Å². The zero-order valence-electron chi connectivity index (χ0n) is 12.1. The van der Waals surface area contributed by atoms with E-state index in [1.54, 1.807) is 30.3 Å². The summed E-state index contributed by atoms with van der Waals surface area (Å²) in [6.45, 7) is 0. The Balaban J connectivity index is 1.95. The third-order valence-electron chi connectivity index (χ3n) is 3.30. The average Bonchev–Trinajstić information content (AvgIpc) is 2.83. The van der Waals surface area contributed by atoms with E-state index in [0.717, 1.165) is 22.7 Å². The van der Waals surface area contributed by atoms with E-state index in [0.29, 0.717) is 11.3 Å². The number of nitro groups is 1. The molecule has 2 aromatic carbocycles. The summed E-state index contributed by atoms with van der Waals surface area (Å²) in [5, 5.41) is 19.9. The van der Waals surface area contributed by atoms with E-state index < -0.39 is 27.5 Å². The summed E-state index contributed by atoms with van der Waals surface area (Å²) in [4.78, 5) is 35.9. The molecular weight excluding hydrogens is 332 g/mol. The maximum Gasteiger partial charge on any atom is 0.311 e. The standard InChI is InChI=1S/C16H10N2O5S/c19-13-7-6-10(8-12(13)18(22)23)9-14-15(20)17(16(21)24-14)11-4-2-1-3-5-11/h1-9,19H/b14-9-. The highest BCUT2D eigenvalue weighted by atomic mass is 32.2. The zero-order valence-corrected chi connectivity index (χ0v) is 12.9. The number of amides is 2. The molecule has 1 aliphatic rings. The number of benzene rings is 2. The van der Waals surface area contributed by atoms with Crippen molar-refractivity contribution >= 4 is 40.4 Å². The highest BCUT2D eigenvalue weighted by Crippen LogP contribution is 2.36. The van der Waals surface area contributed by atoms with Gasteiger partial charge in [-0.25, -0.2) is 4.90 Å². The molecule has 0 atom stereocenters. The van der Waals surface area contributed by atoms with Crippen LogP contribution in [0.4, 0.5) is 16.2 Å². The van der Waals surface area contributed by atoms with E-state index in [1.165, 1.54) is 18.2 Å². The van der Waals surface area contributed by atoms with Crippen molar-refractivity contribution < 1.29 is 19.6 Å². The number of thioether (sulfide) groups is 1. The van der Waals surface area contributed by atoms with Crippen LogP contribution in [0.1, 0.15) is 5.56 Å². The second-order valence-corrected chi connectivity index (χ2v) is 5.85. The molecule has 8 heteroatoms.